The first-order valence-corrected chi connectivity index (χ1v) is 10.0. The number of carbonyl (C=O) groups excluding carboxylic acids is 1. The molecule has 1 aliphatic heterocycles. The molecule has 2 aromatic carbocycles. The van der Waals surface area contributed by atoms with Crippen LogP contribution in [0.2, 0.25) is 0 Å². The van der Waals surface area contributed by atoms with Crippen molar-refractivity contribution in [2.75, 3.05) is 18.5 Å². The normalized spacial score (nSPS) is 17.2. The summed E-state index contributed by atoms with van der Waals surface area (Å²) in [5, 5.41) is 2.83. The number of aryl methyl sites for hydroxylation is 1. The van der Waals surface area contributed by atoms with Gasteiger partial charge in [-0.15, -0.1) is 0 Å². The quantitative estimate of drug-likeness (QED) is 0.814. The van der Waals surface area contributed by atoms with Crippen molar-refractivity contribution in [3.8, 4) is 0 Å². The van der Waals surface area contributed by atoms with Crippen LogP contribution in [0.15, 0.2) is 53.4 Å². The second-order valence-electron chi connectivity index (χ2n) is 6.28. The first-order valence-electron chi connectivity index (χ1n) is 8.54. The summed E-state index contributed by atoms with van der Waals surface area (Å²) in [5.74, 6) is -0.282. The molecule has 6 nitrogen and oxygen atoms in total. The van der Waals surface area contributed by atoms with Crippen LogP contribution in [0.4, 0.5) is 5.69 Å². The van der Waals surface area contributed by atoms with Gasteiger partial charge in [0.05, 0.1) is 11.0 Å². The third kappa shape index (κ3) is 4.49. The summed E-state index contributed by atoms with van der Waals surface area (Å²) < 4.78 is 32.7. The van der Waals surface area contributed by atoms with Gasteiger partial charge in [0, 0.05) is 24.4 Å². The van der Waals surface area contributed by atoms with E-state index in [-0.39, 0.29) is 23.5 Å². The first kappa shape index (κ1) is 18.6. The van der Waals surface area contributed by atoms with Gasteiger partial charge in [-0.25, -0.2) is 13.1 Å². The molecule has 7 heteroatoms. The number of nitrogens with one attached hydrogen (secondary N) is 2. The molecule has 1 amide bonds. The number of hydrogen-bond donors (Lipinski definition) is 2. The highest BCUT2D eigenvalue weighted by Gasteiger charge is 2.20. The Bertz CT molecular complexity index is 873. The molecular weight excluding hydrogens is 352 g/mol. The predicted molar refractivity (Wildman–Crippen MR) is 99.7 cm³/mol. The fourth-order valence-corrected chi connectivity index (χ4v) is 3.85. The van der Waals surface area contributed by atoms with E-state index in [1.165, 1.54) is 24.3 Å². The van der Waals surface area contributed by atoms with Gasteiger partial charge in [-0.2, -0.15) is 0 Å². The zero-order chi connectivity index (χ0) is 18.6. The largest absolute Gasteiger partial charge is 0.377 e. The highest BCUT2D eigenvalue weighted by molar-refractivity contribution is 7.89. The lowest BCUT2D eigenvalue weighted by atomic mass is 10.1. The van der Waals surface area contributed by atoms with Crippen LogP contribution < -0.4 is 10.0 Å². The van der Waals surface area contributed by atoms with Crippen molar-refractivity contribution in [1.29, 1.82) is 0 Å². The number of anilines is 1. The third-order valence-corrected chi connectivity index (χ3v) is 5.78. The van der Waals surface area contributed by atoms with Crippen molar-refractivity contribution in [1.82, 2.24) is 4.72 Å². The van der Waals surface area contributed by atoms with Crippen LogP contribution in [0.25, 0.3) is 0 Å². The Hall–Kier alpha value is -2.22. The van der Waals surface area contributed by atoms with Crippen molar-refractivity contribution in [2.45, 2.75) is 30.8 Å². The van der Waals surface area contributed by atoms with E-state index in [2.05, 4.69) is 10.0 Å². The molecule has 0 unspecified atom stereocenters. The molecule has 2 N–H and O–H groups in total. The summed E-state index contributed by atoms with van der Waals surface area (Å²) in [4.78, 5) is 12.5. The number of sulfonamides is 1. The number of carbonyl (C=O) groups is 1. The Kier molecular flexibility index (Phi) is 5.70. The van der Waals surface area contributed by atoms with Crippen molar-refractivity contribution < 1.29 is 17.9 Å². The Morgan fingerprint density at radius 1 is 1.15 bits per heavy atom. The summed E-state index contributed by atoms with van der Waals surface area (Å²) >= 11 is 0. The van der Waals surface area contributed by atoms with Gasteiger partial charge in [0.2, 0.25) is 10.0 Å². The maximum atomic E-state index is 12.3. The van der Waals surface area contributed by atoms with Crippen molar-refractivity contribution >= 4 is 21.6 Å². The highest BCUT2D eigenvalue weighted by atomic mass is 32.2. The van der Waals surface area contributed by atoms with Gasteiger partial charge in [0.15, 0.2) is 0 Å². The monoisotopic (exact) mass is 374 g/mol. The maximum absolute atomic E-state index is 12.3. The van der Waals surface area contributed by atoms with Crippen LogP contribution in [0.3, 0.4) is 0 Å². The lowest BCUT2D eigenvalue weighted by molar-refractivity contribution is 0.102. The van der Waals surface area contributed by atoms with Gasteiger partial charge in [0.1, 0.15) is 0 Å². The SMILES string of the molecule is Cc1ccccc1NC(=O)c1ccc(S(=O)(=O)NC[C@@H]2CCCO2)cc1. The molecule has 1 fully saturated rings. The van der Waals surface area contributed by atoms with Crippen LogP contribution in [0, 0.1) is 6.92 Å². The van der Waals surface area contributed by atoms with E-state index in [1.54, 1.807) is 0 Å². The summed E-state index contributed by atoms with van der Waals surface area (Å²) in [5.41, 5.74) is 2.08. The Labute approximate surface area is 153 Å². The molecule has 0 saturated carbocycles. The molecule has 26 heavy (non-hydrogen) atoms. The lowest BCUT2D eigenvalue weighted by Crippen LogP contribution is -2.31. The minimum absolute atomic E-state index is 0.0658. The van der Waals surface area contributed by atoms with Crippen molar-refractivity contribution in [3.05, 3.63) is 59.7 Å². The van der Waals surface area contributed by atoms with Gasteiger partial charge >= 0.3 is 0 Å². The molecule has 0 radical (unpaired) electrons. The summed E-state index contributed by atoms with van der Waals surface area (Å²) in [7, 11) is -3.62. The lowest BCUT2D eigenvalue weighted by Gasteiger charge is -2.12. The number of para-hydroxylation sites is 1. The van der Waals surface area contributed by atoms with E-state index in [9.17, 15) is 13.2 Å². The molecule has 0 spiro atoms. The minimum Gasteiger partial charge on any atom is -0.377 e. The van der Waals surface area contributed by atoms with Gasteiger partial charge in [-0.1, -0.05) is 18.2 Å². The molecule has 2 aromatic rings. The van der Waals surface area contributed by atoms with Gasteiger partial charge in [-0.05, 0) is 55.7 Å². The standard InChI is InChI=1S/C19H22N2O4S/c1-14-5-2-3-7-18(14)21-19(22)15-8-10-17(11-9-15)26(23,24)20-13-16-6-4-12-25-16/h2-3,5,7-11,16,20H,4,6,12-13H2,1H3,(H,21,22)/t16-/m0/s1. The molecule has 3 rings (SSSR count). The molecule has 1 aliphatic rings. The fourth-order valence-electron chi connectivity index (χ4n) is 2.78. The van der Waals surface area contributed by atoms with Crippen LogP contribution in [0.5, 0.6) is 0 Å². The van der Waals surface area contributed by atoms with Crippen molar-refractivity contribution in [2.24, 2.45) is 0 Å². The minimum atomic E-state index is -3.62. The Morgan fingerprint density at radius 2 is 1.88 bits per heavy atom. The van der Waals surface area contributed by atoms with E-state index < -0.39 is 10.0 Å². The molecule has 1 heterocycles. The summed E-state index contributed by atoms with van der Waals surface area (Å²) in [6.45, 7) is 2.85. The number of hydrogen-bond acceptors (Lipinski definition) is 4. The average molecular weight is 374 g/mol. The van der Waals surface area contributed by atoms with Gasteiger partial charge < -0.3 is 10.1 Å². The number of ether oxygens (including phenoxy) is 1. The predicted octanol–water partition coefficient (Wildman–Crippen LogP) is 2.70. The number of amides is 1. The van der Waals surface area contributed by atoms with E-state index in [0.29, 0.717) is 12.2 Å². The van der Waals surface area contributed by atoms with E-state index in [1.807, 2.05) is 31.2 Å². The summed E-state index contributed by atoms with van der Waals surface area (Å²) in [6, 6.07) is 13.4. The van der Waals surface area contributed by atoms with Crippen LogP contribution >= 0.6 is 0 Å². The first-order chi connectivity index (χ1) is 12.5. The van der Waals surface area contributed by atoms with E-state index >= 15 is 0 Å². The summed E-state index contributed by atoms with van der Waals surface area (Å²) in [6.07, 6.45) is 1.75. The van der Waals surface area contributed by atoms with Gasteiger partial charge in [-0.3, -0.25) is 4.79 Å². The maximum Gasteiger partial charge on any atom is 0.255 e. The second-order valence-corrected chi connectivity index (χ2v) is 8.05. The zero-order valence-electron chi connectivity index (χ0n) is 14.6. The number of benzene rings is 2. The average Bonchev–Trinajstić information content (AvgIpc) is 3.16. The van der Waals surface area contributed by atoms with E-state index in [0.717, 1.165) is 24.1 Å². The van der Waals surface area contributed by atoms with Crippen molar-refractivity contribution in [3.63, 3.8) is 0 Å². The molecule has 0 aromatic heterocycles. The molecule has 0 bridgehead atoms. The molecule has 1 atom stereocenters. The van der Waals surface area contributed by atoms with Gasteiger partial charge in [0.25, 0.3) is 5.91 Å². The molecule has 1 saturated heterocycles. The third-order valence-electron chi connectivity index (χ3n) is 4.35. The molecule has 138 valence electrons. The van der Waals surface area contributed by atoms with E-state index in [4.69, 9.17) is 4.74 Å². The molecular formula is C19H22N2O4S. The fraction of sp³-hybridized carbons (Fsp3) is 0.316. The number of rotatable bonds is 6. The Balaban J connectivity index is 1.65. The highest BCUT2D eigenvalue weighted by Crippen LogP contribution is 2.17. The zero-order valence-corrected chi connectivity index (χ0v) is 15.4. The molecule has 0 aliphatic carbocycles. The van der Waals surface area contributed by atoms with Crippen LogP contribution in [0.1, 0.15) is 28.8 Å². The Morgan fingerprint density at radius 3 is 2.54 bits per heavy atom. The van der Waals surface area contributed by atoms with Crippen LogP contribution in [-0.2, 0) is 14.8 Å². The second kappa shape index (κ2) is 7.99. The topological polar surface area (TPSA) is 84.5 Å². The smallest absolute Gasteiger partial charge is 0.255 e. The van der Waals surface area contributed by atoms with Crippen LogP contribution in [-0.4, -0.2) is 33.6 Å².